The number of ether oxygens (including phenoxy) is 2. The molecule has 0 spiro atoms. The highest BCUT2D eigenvalue weighted by atomic mass is 16.5. The van der Waals surface area contributed by atoms with Crippen LogP contribution in [0.2, 0.25) is 0 Å². The van der Waals surface area contributed by atoms with Crippen molar-refractivity contribution in [3.63, 3.8) is 0 Å². The van der Waals surface area contributed by atoms with Gasteiger partial charge in [0.15, 0.2) is 17.3 Å². The maximum atomic E-state index is 11.9. The van der Waals surface area contributed by atoms with E-state index < -0.39 is 0 Å². The number of benzene rings is 1. The molecule has 0 aliphatic carbocycles. The van der Waals surface area contributed by atoms with Gasteiger partial charge in [-0.1, -0.05) is 12.1 Å². The summed E-state index contributed by atoms with van der Waals surface area (Å²) < 4.78 is 12.5. The second kappa shape index (κ2) is 7.31. The zero-order valence-corrected chi connectivity index (χ0v) is 12.9. The molecule has 0 aliphatic rings. The van der Waals surface area contributed by atoms with Crippen LogP contribution in [0.15, 0.2) is 48.7 Å². The highest BCUT2D eigenvalue weighted by Gasteiger charge is 2.06. The minimum atomic E-state index is -0.0916. The summed E-state index contributed by atoms with van der Waals surface area (Å²) in [4.78, 5) is 11.9. The summed E-state index contributed by atoms with van der Waals surface area (Å²) in [6.07, 6.45) is 8.49. The number of carbonyl (C=O) groups excluding carboxylic acids is 1. The number of para-hydroxylation sites is 1. The predicted octanol–water partition coefficient (Wildman–Crippen LogP) is 3.34. The number of hydrogen-bond acceptors (Lipinski definition) is 3. The lowest BCUT2D eigenvalue weighted by molar-refractivity contribution is -0.110. The van der Waals surface area contributed by atoms with Crippen molar-refractivity contribution in [1.29, 1.82) is 0 Å². The molecule has 0 saturated carbocycles. The van der Waals surface area contributed by atoms with E-state index in [0.717, 1.165) is 11.3 Å². The largest absolute Gasteiger partial charge is 0.493 e. The number of nitrogens with zero attached hydrogens (tertiary/aromatic N) is 1. The number of aromatic nitrogens is 1. The van der Waals surface area contributed by atoms with Crippen LogP contribution < -0.4 is 9.47 Å². The number of allylic oxidation sites excluding steroid dienone is 2. The minimum absolute atomic E-state index is 0.0916. The molecule has 0 aliphatic heterocycles. The van der Waals surface area contributed by atoms with Crippen molar-refractivity contribution in [3.8, 4) is 11.5 Å². The van der Waals surface area contributed by atoms with Gasteiger partial charge in [-0.2, -0.15) is 0 Å². The van der Waals surface area contributed by atoms with Crippen LogP contribution in [0.3, 0.4) is 0 Å². The standard InChI is InChI=1S/C18H19NO3/c1-19-13-5-7-15(19)10-12-16(20)11-9-14-6-4-8-17(21-2)18(14)22-3/h4-13H,1-3H3/b11-9+,12-10+. The van der Waals surface area contributed by atoms with Gasteiger partial charge >= 0.3 is 0 Å². The molecule has 0 unspecified atom stereocenters. The predicted molar refractivity (Wildman–Crippen MR) is 88.0 cm³/mol. The van der Waals surface area contributed by atoms with Gasteiger partial charge in [-0.15, -0.1) is 0 Å². The fourth-order valence-electron chi connectivity index (χ4n) is 2.09. The summed E-state index contributed by atoms with van der Waals surface area (Å²) in [5.41, 5.74) is 1.77. The Labute approximate surface area is 130 Å². The quantitative estimate of drug-likeness (QED) is 0.768. The van der Waals surface area contributed by atoms with Crippen LogP contribution in [-0.4, -0.2) is 24.6 Å². The van der Waals surface area contributed by atoms with Crippen molar-refractivity contribution in [2.24, 2.45) is 7.05 Å². The molecule has 0 fully saturated rings. The van der Waals surface area contributed by atoms with E-state index in [-0.39, 0.29) is 5.78 Å². The van der Waals surface area contributed by atoms with Crippen LogP contribution >= 0.6 is 0 Å². The Kier molecular flexibility index (Phi) is 5.20. The maximum absolute atomic E-state index is 11.9. The summed E-state index contributed by atoms with van der Waals surface area (Å²) in [7, 11) is 5.09. The van der Waals surface area contributed by atoms with E-state index in [1.54, 1.807) is 32.4 Å². The lowest BCUT2D eigenvalue weighted by Gasteiger charge is -2.09. The first kappa shape index (κ1) is 15.6. The van der Waals surface area contributed by atoms with Gasteiger partial charge in [0.05, 0.1) is 14.2 Å². The maximum Gasteiger partial charge on any atom is 0.178 e. The van der Waals surface area contributed by atoms with Gasteiger partial charge in [0, 0.05) is 24.5 Å². The summed E-state index contributed by atoms with van der Waals surface area (Å²) in [6, 6.07) is 9.41. The molecule has 0 bridgehead atoms. The van der Waals surface area contributed by atoms with Crippen LogP contribution in [0.4, 0.5) is 0 Å². The highest BCUT2D eigenvalue weighted by molar-refractivity contribution is 6.04. The lowest BCUT2D eigenvalue weighted by Crippen LogP contribution is -1.93. The van der Waals surface area contributed by atoms with Crippen LogP contribution in [-0.2, 0) is 11.8 Å². The number of hydrogen-bond donors (Lipinski definition) is 0. The first-order valence-corrected chi connectivity index (χ1v) is 6.88. The Morgan fingerprint density at radius 3 is 2.45 bits per heavy atom. The number of rotatable bonds is 6. The topological polar surface area (TPSA) is 40.5 Å². The summed E-state index contributed by atoms with van der Waals surface area (Å²) >= 11 is 0. The molecule has 114 valence electrons. The van der Waals surface area contributed by atoms with Crippen molar-refractivity contribution in [3.05, 3.63) is 59.9 Å². The monoisotopic (exact) mass is 297 g/mol. The molecule has 4 heteroatoms. The molecular weight excluding hydrogens is 278 g/mol. The van der Waals surface area contributed by atoms with Crippen molar-refractivity contribution >= 4 is 17.9 Å². The summed E-state index contributed by atoms with van der Waals surface area (Å²) in [5.74, 6) is 1.16. The van der Waals surface area contributed by atoms with Crippen molar-refractivity contribution in [2.45, 2.75) is 0 Å². The van der Waals surface area contributed by atoms with Crippen LogP contribution in [0.1, 0.15) is 11.3 Å². The van der Waals surface area contributed by atoms with Crippen LogP contribution in [0, 0.1) is 0 Å². The average molecular weight is 297 g/mol. The van der Waals surface area contributed by atoms with Crippen LogP contribution in [0.25, 0.3) is 12.2 Å². The van der Waals surface area contributed by atoms with Crippen molar-refractivity contribution in [1.82, 2.24) is 4.57 Å². The third-order valence-electron chi connectivity index (χ3n) is 3.26. The number of carbonyl (C=O) groups is 1. The number of methoxy groups -OCH3 is 2. The van der Waals surface area contributed by atoms with Crippen molar-refractivity contribution in [2.75, 3.05) is 14.2 Å². The Morgan fingerprint density at radius 1 is 1.05 bits per heavy atom. The third-order valence-corrected chi connectivity index (χ3v) is 3.26. The second-order valence-electron chi connectivity index (χ2n) is 4.70. The van der Waals surface area contributed by atoms with Crippen LogP contribution in [0.5, 0.6) is 11.5 Å². The SMILES string of the molecule is COc1cccc(/C=C/C(=O)/C=C/c2cccn2C)c1OC. The Bertz CT molecular complexity index is 711. The molecule has 0 saturated heterocycles. The van der Waals surface area contributed by atoms with Crippen molar-refractivity contribution < 1.29 is 14.3 Å². The smallest absolute Gasteiger partial charge is 0.178 e. The van der Waals surface area contributed by atoms with E-state index >= 15 is 0 Å². The van der Waals surface area contributed by atoms with E-state index in [0.29, 0.717) is 11.5 Å². The first-order chi connectivity index (χ1) is 10.7. The average Bonchev–Trinajstić information content (AvgIpc) is 2.95. The minimum Gasteiger partial charge on any atom is -0.493 e. The summed E-state index contributed by atoms with van der Waals surface area (Å²) in [5, 5.41) is 0. The van der Waals surface area contributed by atoms with E-state index in [1.165, 1.54) is 6.08 Å². The van der Waals surface area contributed by atoms with E-state index in [2.05, 4.69) is 0 Å². The van der Waals surface area contributed by atoms with Gasteiger partial charge < -0.3 is 14.0 Å². The first-order valence-electron chi connectivity index (χ1n) is 6.88. The zero-order chi connectivity index (χ0) is 15.9. The zero-order valence-electron chi connectivity index (χ0n) is 12.9. The Morgan fingerprint density at radius 2 is 1.82 bits per heavy atom. The molecule has 1 heterocycles. The Hall–Kier alpha value is -2.75. The fraction of sp³-hybridized carbons (Fsp3) is 0.167. The molecule has 1 aromatic carbocycles. The molecule has 2 aromatic rings. The molecular formula is C18H19NO3. The number of ketones is 1. The van der Waals surface area contributed by atoms with E-state index in [4.69, 9.17) is 9.47 Å². The second-order valence-corrected chi connectivity index (χ2v) is 4.70. The fourth-order valence-corrected chi connectivity index (χ4v) is 2.09. The van der Waals surface area contributed by atoms with Gasteiger partial charge in [-0.3, -0.25) is 4.79 Å². The molecule has 0 radical (unpaired) electrons. The van der Waals surface area contributed by atoms with E-state index in [1.807, 2.05) is 48.1 Å². The Balaban J connectivity index is 2.13. The van der Waals surface area contributed by atoms with E-state index in [9.17, 15) is 4.79 Å². The van der Waals surface area contributed by atoms with Gasteiger partial charge in [0.1, 0.15) is 0 Å². The highest BCUT2D eigenvalue weighted by Crippen LogP contribution is 2.31. The molecule has 22 heavy (non-hydrogen) atoms. The molecule has 4 nitrogen and oxygen atoms in total. The van der Waals surface area contributed by atoms with Gasteiger partial charge in [-0.05, 0) is 42.5 Å². The normalized spacial score (nSPS) is 11.2. The van der Waals surface area contributed by atoms with Gasteiger partial charge in [0.2, 0.25) is 0 Å². The molecule has 0 N–H and O–H groups in total. The number of aryl methyl sites for hydroxylation is 1. The van der Waals surface area contributed by atoms with Gasteiger partial charge in [0.25, 0.3) is 0 Å². The van der Waals surface area contributed by atoms with Gasteiger partial charge in [-0.25, -0.2) is 0 Å². The lowest BCUT2D eigenvalue weighted by atomic mass is 10.1. The summed E-state index contributed by atoms with van der Waals surface area (Å²) in [6.45, 7) is 0. The molecule has 0 amide bonds. The molecule has 2 rings (SSSR count). The molecule has 0 atom stereocenters. The molecule has 1 aromatic heterocycles. The third kappa shape index (κ3) is 3.67.